The molecule has 0 aliphatic carbocycles. The van der Waals surface area contributed by atoms with Gasteiger partial charge in [0.15, 0.2) is 0 Å². The highest BCUT2D eigenvalue weighted by atomic mass is 16.5. The SMILES string of the molecule is CC1(C)CC(CN)(CCCOCc2ccccc2)C(=O)N1. The fourth-order valence-corrected chi connectivity index (χ4v) is 3.16. The summed E-state index contributed by atoms with van der Waals surface area (Å²) in [7, 11) is 0. The molecule has 21 heavy (non-hydrogen) atoms. The molecule has 3 N–H and O–H groups in total. The van der Waals surface area contributed by atoms with Gasteiger partial charge >= 0.3 is 0 Å². The number of benzene rings is 1. The van der Waals surface area contributed by atoms with E-state index >= 15 is 0 Å². The summed E-state index contributed by atoms with van der Waals surface area (Å²) in [5.41, 5.74) is 6.49. The van der Waals surface area contributed by atoms with Gasteiger partial charge in [-0.05, 0) is 38.7 Å². The van der Waals surface area contributed by atoms with Crippen molar-refractivity contribution in [3.05, 3.63) is 35.9 Å². The van der Waals surface area contributed by atoms with Gasteiger partial charge in [-0.15, -0.1) is 0 Å². The van der Waals surface area contributed by atoms with E-state index in [0.717, 1.165) is 19.3 Å². The molecule has 0 saturated carbocycles. The topological polar surface area (TPSA) is 64.3 Å². The number of hydrogen-bond acceptors (Lipinski definition) is 3. The molecule has 1 aromatic rings. The van der Waals surface area contributed by atoms with Crippen molar-refractivity contribution in [1.82, 2.24) is 5.32 Å². The quantitative estimate of drug-likeness (QED) is 0.757. The van der Waals surface area contributed by atoms with Crippen molar-refractivity contribution in [2.75, 3.05) is 13.2 Å². The number of nitrogens with two attached hydrogens (primary N) is 1. The van der Waals surface area contributed by atoms with Crippen molar-refractivity contribution in [3.8, 4) is 0 Å². The lowest BCUT2D eigenvalue weighted by molar-refractivity contribution is -0.127. The van der Waals surface area contributed by atoms with Gasteiger partial charge in [0.1, 0.15) is 0 Å². The molecule has 1 aromatic carbocycles. The van der Waals surface area contributed by atoms with Crippen LogP contribution in [0, 0.1) is 5.41 Å². The Morgan fingerprint density at radius 1 is 1.29 bits per heavy atom. The molecule has 1 amide bonds. The summed E-state index contributed by atoms with van der Waals surface area (Å²) in [5.74, 6) is 0.0954. The Bertz CT molecular complexity index is 473. The molecule has 1 aliphatic heterocycles. The second kappa shape index (κ2) is 6.58. The third-order valence-corrected chi connectivity index (χ3v) is 4.16. The molecule has 2 rings (SSSR count). The van der Waals surface area contributed by atoms with Crippen LogP contribution in [0.25, 0.3) is 0 Å². The third kappa shape index (κ3) is 4.05. The molecule has 1 heterocycles. The van der Waals surface area contributed by atoms with Crippen LogP contribution in [-0.4, -0.2) is 24.6 Å². The molecule has 4 heteroatoms. The smallest absolute Gasteiger partial charge is 0.227 e. The van der Waals surface area contributed by atoms with Crippen LogP contribution in [0.3, 0.4) is 0 Å². The number of ether oxygens (including phenoxy) is 1. The van der Waals surface area contributed by atoms with E-state index in [1.165, 1.54) is 5.56 Å². The molecule has 1 fully saturated rings. The second-order valence-electron chi connectivity index (χ2n) is 6.64. The minimum absolute atomic E-state index is 0.0954. The van der Waals surface area contributed by atoms with E-state index < -0.39 is 5.41 Å². The van der Waals surface area contributed by atoms with Crippen LogP contribution in [0.15, 0.2) is 30.3 Å². The molecular formula is C17H26N2O2. The zero-order valence-corrected chi connectivity index (χ0v) is 13.0. The Balaban J connectivity index is 1.76. The first-order chi connectivity index (χ1) is 9.97. The maximum Gasteiger partial charge on any atom is 0.227 e. The summed E-state index contributed by atoms with van der Waals surface area (Å²) in [6.07, 6.45) is 2.44. The Kier molecular flexibility index (Phi) is 5.01. The summed E-state index contributed by atoms with van der Waals surface area (Å²) < 4.78 is 5.68. The number of nitrogens with one attached hydrogen (secondary N) is 1. The fraction of sp³-hybridized carbons (Fsp3) is 0.588. The van der Waals surface area contributed by atoms with Gasteiger partial charge in [0, 0.05) is 18.7 Å². The van der Waals surface area contributed by atoms with Crippen LogP contribution >= 0.6 is 0 Å². The van der Waals surface area contributed by atoms with E-state index in [1.807, 2.05) is 44.2 Å². The lowest BCUT2D eigenvalue weighted by Gasteiger charge is -2.25. The molecule has 1 unspecified atom stereocenters. The Labute approximate surface area is 127 Å². The van der Waals surface area contributed by atoms with Gasteiger partial charge in [-0.2, -0.15) is 0 Å². The van der Waals surface area contributed by atoms with Crippen molar-refractivity contribution in [2.45, 2.75) is 45.3 Å². The van der Waals surface area contributed by atoms with Crippen molar-refractivity contribution >= 4 is 5.91 Å². The molecule has 1 saturated heterocycles. The van der Waals surface area contributed by atoms with Gasteiger partial charge in [-0.1, -0.05) is 30.3 Å². The van der Waals surface area contributed by atoms with Crippen LogP contribution in [-0.2, 0) is 16.1 Å². The monoisotopic (exact) mass is 290 g/mol. The van der Waals surface area contributed by atoms with E-state index in [0.29, 0.717) is 19.8 Å². The molecule has 0 radical (unpaired) electrons. The molecule has 1 atom stereocenters. The van der Waals surface area contributed by atoms with Crippen LogP contribution in [0.1, 0.15) is 38.7 Å². The normalized spacial score (nSPS) is 24.0. The van der Waals surface area contributed by atoms with E-state index in [2.05, 4.69) is 5.32 Å². The molecule has 4 nitrogen and oxygen atoms in total. The second-order valence-corrected chi connectivity index (χ2v) is 6.64. The summed E-state index contributed by atoms with van der Waals surface area (Å²) in [6, 6.07) is 10.1. The van der Waals surface area contributed by atoms with Gasteiger partial charge in [0.25, 0.3) is 0 Å². The van der Waals surface area contributed by atoms with Crippen LogP contribution < -0.4 is 11.1 Å². The van der Waals surface area contributed by atoms with Crippen molar-refractivity contribution in [2.24, 2.45) is 11.1 Å². The first-order valence-electron chi connectivity index (χ1n) is 7.62. The highest BCUT2D eigenvalue weighted by molar-refractivity contribution is 5.86. The van der Waals surface area contributed by atoms with Gasteiger partial charge in [-0.25, -0.2) is 0 Å². The molecular weight excluding hydrogens is 264 g/mol. The largest absolute Gasteiger partial charge is 0.377 e. The molecule has 116 valence electrons. The van der Waals surface area contributed by atoms with Crippen LogP contribution in [0.2, 0.25) is 0 Å². The van der Waals surface area contributed by atoms with E-state index in [4.69, 9.17) is 10.5 Å². The highest BCUT2D eigenvalue weighted by Crippen LogP contribution is 2.38. The summed E-state index contributed by atoms with van der Waals surface area (Å²) in [5, 5.41) is 3.04. The molecule has 0 bridgehead atoms. The standard InChI is InChI=1S/C17H26N2O2/c1-16(2)12-17(13-18,15(20)19-16)9-6-10-21-11-14-7-4-3-5-8-14/h3-5,7-8H,6,9-13,18H2,1-2H3,(H,19,20). The zero-order chi connectivity index (χ0) is 15.3. The number of amides is 1. The van der Waals surface area contributed by atoms with Gasteiger partial charge in [0.05, 0.1) is 12.0 Å². The minimum atomic E-state index is -0.417. The van der Waals surface area contributed by atoms with E-state index in [1.54, 1.807) is 0 Å². The lowest BCUT2D eigenvalue weighted by Crippen LogP contribution is -2.39. The molecule has 0 aromatic heterocycles. The van der Waals surface area contributed by atoms with Gasteiger partial charge < -0.3 is 15.8 Å². The molecule has 1 aliphatic rings. The Morgan fingerprint density at radius 2 is 2.00 bits per heavy atom. The fourth-order valence-electron chi connectivity index (χ4n) is 3.16. The summed E-state index contributed by atoms with van der Waals surface area (Å²) in [6.45, 7) is 5.78. The summed E-state index contributed by atoms with van der Waals surface area (Å²) in [4.78, 5) is 12.2. The van der Waals surface area contributed by atoms with Gasteiger partial charge in [0.2, 0.25) is 5.91 Å². The first-order valence-corrected chi connectivity index (χ1v) is 7.62. The Hall–Kier alpha value is -1.39. The van der Waals surface area contributed by atoms with Crippen molar-refractivity contribution < 1.29 is 9.53 Å². The highest BCUT2D eigenvalue weighted by Gasteiger charge is 2.48. The zero-order valence-electron chi connectivity index (χ0n) is 13.0. The van der Waals surface area contributed by atoms with Gasteiger partial charge in [-0.3, -0.25) is 4.79 Å². The van der Waals surface area contributed by atoms with Crippen molar-refractivity contribution in [3.63, 3.8) is 0 Å². The van der Waals surface area contributed by atoms with Crippen LogP contribution in [0.5, 0.6) is 0 Å². The minimum Gasteiger partial charge on any atom is -0.377 e. The van der Waals surface area contributed by atoms with Crippen LogP contribution in [0.4, 0.5) is 0 Å². The van der Waals surface area contributed by atoms with E-state index in [9.17, 15) is 4.79 Å². The molecule has 0 spiro atoms. The maximum atomic E-state index is 12.2. The van der Waals surface area contributed by atoms with Crippen molar-refractivity contribution in [1.29, 1.82) is 0 Å². The first kappa shape index (κ1) is 16.0. The maximum absolute atomic E-state index is 12.2. The average Bonchev–Trinajstić information content (AvgIpc) is 2.69. The number of carbonyl (C=O) groups excluding carboxylic acids is 1. The predicted octanol–water partition coefficient (Wildman–Crippen LogP) is 2.23. The lowest BCUT2D eigenvalue weighted by atomic mass is 9.78. The Morgan fingerprint density at radius 3 is 2.57 bits per heavy atom. The number of rotatable bonds is 7. The van der Waals surface area contributed by atoms with E-state index in [-0.39, 0.29) is 11.4 Å². The number of hydrogen-bond donors (Lipinski definition) is 2. The average molecular weight is 290 g/mol. The number of carbonyl (C=O) groups is 1. The third-order valence-electron chi connectivity index (χ3n) is 4.16. The predicted molar refractivity (Wildman–Crippen MR) is 83.7 cm³/mol. The summed E-state index contributed by atoms with van der Waals surface area (Å²) >= 11 is 0.